The molecule has 0 amide bonds. The molecule has 4 rings (SSSR count). The van der Waals surface area contributed by atoms with E-state index in [1.807, 2.05) is 6.07 Å². The van der Waals surface area contributed by atoms with Crippen LogP contribution in [0.4, 0.5) is 0 Å². The van der Waals surface area contributed by atoms with Crippen LogP contribution in [0.25, 0.3) is 33.4 Å². The van der Waals surface area contributed by atoms with Crippen molar-refractivity contribution in [3.05, 3.63) is 91.0 Å². The summed E-state index contributed by atoms with van der Waals surface area (Å²) in [6.45, 7) is 0. The van der Waals surface area contributed by atoms with Gasteiger partial charge < -0.3 is 0 Å². The molecule has 0 saturated heterocycles. The molecule has 0 aromatic heterocycles. The van der Waals surface area contributed by atoms with Gasteiger partial charge in [-0.3, -0.25) is 0 Å². The van der Waals surface area contributed by atoms with Gasteiger partial charge in [0.15, 0.2) is 0 Å². The predicted molar refractivity (Wildman–Crippen MR) is 134 cm³/mol. The fourth-order valence-corrected chi connectivity index (χ4v) is 4.56. The van der Waals surface area contributed by atoms with Gasteiger partial charge in [-0.25, -0.2) is 0 Å². The Kier molecular flexibility index (Phi) is 6.39. The molecule has 0 unspecified atom stereocenters. The number of hydrogen-bond donors (Lipinski definition) is 1. The molecule has 29 heavy (non-hydrogen) atoms. The van der Waals surface area contributed by atoms with E-state index in [9.17, 15) is 0 Å². The zero-order valence-corrected chi connectivity index (χ0v) is 19.0. The maximum Gasteiger partial charge on any atom is 0.00752 e. The van der Waals surface area contributed by atoms with Crippen LogP contribution in [0.2, 0.25) is 0 Å². The Bertz CT molecular complexity index is 1080. The number of benzene rings is 4. The van der Waals surface area contributed by atoms with Crippen LogP contribution >= 0.6 is 36.2 Å². The first-order valence-electron chi connectivity index (χ1n) is 9.39. The Labute approximate surface area is 187 Å². The van der Waals surface area contributed by atoms with Crippen molar-refractivity contribution in [1.82, 2.24) is 0 Å². The van der Waals surface area contributed by atoms with Crippen molar-refractivity contribution in [2.24, 2.45) is 0 Å². The molecule has 144 valence electrons. The van der Waals surface area contributed by atoms with Crippen molar-refractivity contribution < 1.29 is 0 Å². The molecule has 0 aliphatic rings. The molecule has 0 radical (unpaired) electrons. The molecule has 0 spiro atoms. The van der Waals surface area contributed by atoms with Gasteiger partial charge in [0, 0.05) is 14.7 Å². The summed E-state index contributed by atoms with van der Waals surface area (Å²) >= 11 is 8.09. The highest BCUT2D eigenvalue weighted by molar-refractivity contribution is 7.98. The second kappa shape index (κ2) is 9.17. The first kappa shape index (κ1) is 20.2. The predicted octanol–water partition coefficient (Wildman–Crippen LogP) is 8.42. The average Bonchev–Trinajstić information content (AvgIpc) is 2.79. The normalized spacial score (nSPS) is 10.9. The quantitative estimate of drug-likeness (QED) is 0.249. The van der Waals surface area contributed by atoms with Crippen LogP contribution in [-0.4, -0.2) is 12.5 Å². The molecule has 0 nitrogen and oxygen atoms in total. The molecular formula is C26H22S3. The van der Waals surface area contributed by atoms with E-state index in [0.717, 1.165) is 4.90 Å². The average molecular weight is 431 g/mol. The molecule has 0 saturated carbocycles. The van der Waals surface area contributed by atoms with Gasteiger partial charge in [0.25, 0.3) is 0 Å². The first-order chi connectivity index (χ1) is 14.2. The van der Waals surface area contributed by atoms with Gasteiger partial charge in [-0.2, -0.15) is 0 Å². The molecule has 4 aromatic rings. The van der Waals surface area contributed by atoms with E-state index >= 15 is 0 Å². The Hall–Kier alpha value is -2.07. The van der Waals surface area contributed by atoms with E-state index in [1.165, 1.54) is 43.2 Å². The smallest absolute Gasteiger partial charge is 0.00752 e. The molecule has 0 fully saturated rings. The lowest BCUT2D eigenvalue weighted by Gasteiger charge is -2.13. The highest BCUT2D eigenvalue weighted by Crippen LogP contribution is 2.35. The fourth-order valence-electron chi connectivity index (χ4n) is 3.42. The van der Waals surface area contributed by atoms with Crippen LogP contribution in [0.5, 0.6) is 0 Å². The van der Waals surface area contributed by atoms with Crippen LogP contribution in [0, 0.1) is 0 Å². The highest BCUT2D eigenvalue weighted by Gasteiger charge is 2.09. The second-order valence-corrected chi connectivity index (χ2v) is 9.09. The Balaban J connectivity index is 1.91. The third-order valence-corrected chi connectivity index (χ3v) is 6.65. The van der Waals surface area contributed by atoms with E-state index in [4.69, 9.17) is 0 Å². The van der Waals surface area contributed by atoms with Gasteiger partial charge in [0.05, 0.1) is 0 Å². The zero-order chi connectivity index (χ0) is 20.2. The minimum atomic E-state index is 0.975. The maximum absolute atomic E-state index is 4.54. The summed E-state index contributed by atoms with van der Waals surface area (Å²) in [7, 11) is 0. The second-order valence-electron chi connectivity index (χ2n) is 6.81. The third-order valence-electron chi connectivity index (χ3n) is 4.92. The summed E-state index contributed by atoms with van der Waals surface area (Å²) < 4.78 is 0. The Morgan fingerprint density at radius 2 is 0.897 bits per heavy atom. The summed E-state index contributed by atoms with van der Waals surface area (Å²) in [5, 5.41) is 0. The number of rotatable bonds is 5. The minimum absolute atomic E-state index is 0.975. The number of thiol groups is 1. The lowest BCUT2D eigenvalue weighted by Crippen LogP contribution is -1.87. The molecule has 0 aliphatic carbocycles. The van der Waals surface area contributed by atoms with Crippen molar-refractivity contribution in [3.63, 3.8) is 0 Å². The first-order valence-corrected chi connectivity index (χ1v) is 12.3. The Morgan fingerprint density at radius 1 is 0.483 bits per heavy atom. The van der Waals surface area contributed by atoms with Crippen LogP contribution in [0.1, 0.15) is 0 Å². The van der Waals surface area contributed by atoms with E-state index < -0.39 is 0 Å². The summed E-state index contributed by atoms with van der Waals surface area (Å²) in [4.78, 5) is 3.52. The molecule has 0 atom stereocenters. The SMILES string of the molecule is CSc1cccc(-c2cc(-c3cccc(S)c3)cc(-c3cccc(SC)c3)c2)c1. The molecule has 4 aromatic carbocycles. The van der Waals surface area contributed by atoms with Gasteiger partial charge in [-0.05, 0) is 100 Å². The van der Waals surface area contributed by atoms with Crippen LogP contribution in [-0.2, 0) is 0 Å². The summed E-state index contributed by atoms with van der Waals surface area (Å²) in [5.41, 5.74) is 7.33. The standard InChI is InChI=1S/C26H22S3/c1-28-25-10-4-7-19(16-25)22-12-21(18-6-3-9-24(27)15-18)13-23(14-22)20-8-5-11-26(17-20)29-2/h3-17,27H,1-2H3. The monoisotopic (exact) mass is 430 g/mol. The van der Waals surface area contributed by atoms with Crippen molar-refractivity contribution in [2.75, 3.05) is 12.5 Å². The minimum Gasteiger partial charge on any atom is -0.143 e. The largest absolute Gasteiger partial charge is 0.143 e. The topological polar surface area (TPSA) is 0 Å². The van der Waals surface area contributed by atoms with Crippen LogP contribution in [0.15, 0.2) is 106 Å². The maximum atomic E-state index is 4.54. The van der Waals surface area contributed by atoms with E-state index in [0.29, 0.717) is 0 Å². The highest BCUT2D eigenvalue weighted by atomic mass is 32.2. The van der Waals surface area contributed by atoms with Crippen molar-refractivity contribution in [3.8, 4) is 33.4 Å². The lowest BCUT2D eigenvalue weighted by molar-refractivity contribution is 1.43. The molecule has 3 heteroatoms. The fraction of sp³-hybridized carbons (Fsp3) is 0.0769. The molecule has 0 N–H and O–H groups in total. The number of thioether (sulfide) groups is 2. The summed E-state index contributed by atoms with van der Waals surface area (Å²) in [5.74, 6) is 0. The molecule has 0 aliphatic heterocycles. The lowest BCUT2D eigenvalue weighted by atomic mass is 9.93. The van der Waals surface area contributed by atoms with E-state index in [1.54, 1.807) is 23.5 Å². The van der Waals surface area contributed by atoms with Crippen molar-refractivity contribution in [2.45, 2.75) is 14.7 Å². The van der Waals surface area contributed by atoms with Crippen molar-refractivity contribution >= 4 is 36.2 Å². The van der Waals surface area contributed by atoms with E-state index in [-0.39, 0.29) is 0 Å². The summed E-state index contributed by atoms with van der Waals surface area (Å²) in [6, 6.07) is 32.7. The van der Waals surface area contributed by atoms with Crippen LogP contribution in [0.3, 0.4) is 0 Å². The van der Waals surface area contributed by atoms with Crippen molar-refractivity contribution in [1.29, 1.82) is 0 Å². The van der Waals surface area contributed by atoms with Crippen LogP contribution < -0.4 is 0 Å². The van der Waals surface area contributed by atoms with Gasteiger partial charge in [-0.1, -0.05) is 36.4 Å². The number of hydrogen-bond acceptors (Lipinski definition) is 3. The zero-order valence-electron chi connectivity index (χ0n) is 16.4. The van der Waals surface area contributed by atoms with Gasteiger partial charge >= 0.3 is 0 Å². The summed E-state index contributed by atoms with van der Waals surface area (Å²) in [6.07, 6.45) is 4.24. The van der Waals surface area contributed by atoms with Gasteiger partial charge in [0.2, 0.25) is 0 Å². The van der Waals surface area contributed by atoms with Gasteiger partial charge in [-0.15, -0.1) is 36.2 Å². The molecular weight excluding hydrogens is 408 g/mol. The van der Waals surface area contributed by atoms with Gasteiger partial charge in [0.1, 0.15) is 0 Å². The van der Waals surface area contributed by atoms with E-state index in [2.05, 4.69) is 110 Å². The third kappa shape index (κ3) is 4.75. The molecule has 0 heterocycles. The Morgan fingerprint density at radius 3 is 1.31 bits per heavy atom. The molecule has 0 bridgehead atoms.